The topological polar surface area (TPSA) is 38.0 Å². The molecule has 1 unspecified atom stereocenters. The summed E-state index contributed by atoms with van der Waals surface area (Å²) in [6.07, 6.45) is 2.47. The van der Waals surface area contributed by atoms with E-state index in [1.165, 1.54) is 12.8 Å². The van der Waals surface area contributed by atoms with E-state index in [2.05, 4.69) is 39.9 Å². The van der Waals surface area contributed by atoms with Crippen molar-refractivity contribution < 1.29 is 0 Å². The van der Waals surface area contributed by atoms with E-state index >= 15 is 0 Å². The van der Waals surface area contributed by atoms with Crippen LogP contribution in [0.25, 0.3) is 0 Å². The Labute approximate surface area is 96.0 Å². The Bertz CT molecular complexity index is 153. The molecule has 2 nitrogen and oxygen atoms in total. The Morgan fingerprint density at radius 2 is 1.80 bits per heavy atom. The van der Waals surface area contributed by atoms with E-state index < -0.39 is 0 Å². The highest BCUT2D eigenvalue weighted by molar-refractivity contribution is 4.73. The first-order valence-corrected chi connectivity index (χ1v) is 6.28. The molecule has 0 aromatic rings. The van der Waals surface area contributed by atoms with Gasteiger partial charge in [-0.3, -0.25) is 0 Å². The van der Waals surface area contributed by atoms with Gasteiger partial charge in [0, 0.05) is 6.54 Å². The lowest BCUT2D eigenvalue weighted by Crippen LogP contribution is -2.32. The van der Waals surface area contributed by atoms with Gasteiger partial charge in [-0.25, -0.2) is 0 Å². The highest BCUT2D eigenvalue weighted by atomic mass is 14.9. The van der Waals surface area contributed by atoms with Crippen molar-refractivity contribution in [2.75, 3.05) is 19.6 Å². The zero-order valence-corrected chi connectivity index (χ0v) is 11.3. The molecule has 0 heterocycles. The van der Waals surface area contributed by atoms with Gasteiger partial charge in [0.05, 0.1) is 0 Å². The van der Waals surface area contributed by atoms with Crippen LogP contribution in [-0.4, -0.2) is 19.6 Å². The van der Waals surface area contributed by atoms with Gasteiger partial charge < -0.3 is 11.1 Å². The van der Waals surface area contributed by atoms with Crippen molar-refractivity contribution in [3.05, 3.63) is 0 Å². The molecule has 0 aromatic heterocycles. The number of nitrogens with two attached hydrogens (primary N) is 1. The molecule has 0 spiro atoms. The minimum Gasteiger partial charge on any atom is -0.330 e. The second-order valence-electron chi connectivity index (χ2n) is 6.07. The van der Waals surface area contributed by atoms with Gasteiger partial charge in [0.25, 0.3) is 0 Å². The average Bonchev–Trinajstić information content (AvgIpc) is 2.10. The van der Waals surface area contributed by atoms with E-state index in [0.717, 1.165) is 25.6 Å². The molecule has 0 saturated carbocycles. The smallest absolute Gasteiger partial charge is 0.000262 e. The van der Waals surface area contributed by atoms with Crippen LogP contribution in [0.4, 0.5) is 0 Å². The third kappa shape index (κ3) is 8.88. The summed E-state index contributed by atoms with van der Waals surface area (Å²) in [7, 11) is 0. The van der Waals surface area contributed by atoms with Crippen LogP contribution in [0.3, 0.4) is 0 Å². The van der Waals surface area contributed by atoms with Crippen LogP contribution >= 0.6 is 0 Å². The van der Waals surface area contributed by atoms with E-state index in [-0.39, 0.29) is 0 Å². The third-order valence-corrected chi connectivity index (χ3v) is 2.78. The Kier molecular flexibility index (Phi) is 7.20. The van der Waals surface area contributed by atoms with Gasteiger partial charge in [-0.1, -0.05) is 34.6 Å². The van der Waals surface area contributed by atoms with Crippen LogP contribution in [0, 0.1) is 17.3 Å². The Hall–Kier alpha value is -0.0800. The SMILES string of the molecule is CC(C)CC(C)(C)CNCCC(C)CN. The molecule has 0 fully saturated rings. The monoisotopic (exact) mass is 214 g/mol. The molecular weight excluding hydrogens is 184 g/mol. The van der Waals surface area contributed by atoms with Gasteiger partial charge in [0.15, 0.2) is 0 Å². The summed E-state index contributed by atoms with van der Waals surface area (Å²) < 4.78 is 0. The fraction of sp³-hybridized carbons (Fsp3) is 1.00. The van der Waals surface area contributed by atoms with Gasteiger partial charge in [0.1, 0.15) is 0 Å². The molecule has 0 aliphatic carbocycles. The van der Waals surface area contributed by atoms with Crippen LogP contribution in [-0.2, 0) is 0 Å². The van der Waals surface area contributed by atoms with E-state index in [9.17, 15) is 0 Å². The van der Waals surface area contributed by atoms with Crippen molar-refractivity contribution in [1.82, 2.24) is 5.32 Å². The second kappa shape index (κ2) is 7.24. The molecule has 2 heteroatoms. The third-order valence-electron chi connectivity index (χ3n) is 2.78. The number of rotatable bonds is 8. The molecule has 0 saturated heterocycles. The molecule has 0 aliphatic heterocycles. The molecule has 0 radical (unpaired) electrons. The molecule has 0 aromatic carbocycles. The van der Waals surface area contributed by atoms with E-state index in [0.29, 0.717) is 11.3 Å². The average molecular weight is 214 g/mol. The fourth-order valence-electron chi connectivity index (χ4n) is 2.07. The Balaban J connectivity index is 3.57. The van der Waals surface area contributed by atoms with Gasteiger partial charge in [-0.05, 0) is 43.2 Å². The summed E-state index contributed by atoms with van der Waals surface area (Å²) in [5, 5.41) is 3.54. The van der Waals surface area contributed by atoms with Gasteiger partial charge in [-0.2, -0.15) is 0 Å². The summed E-state index contributed by atoms with van der Waals surface area (Å²) in [4.78, 5) is 0. The molecule has 0 rings (SSSR count). The molecule has 0 bridgehead atoms. The van der Waals surface area contributed by atoms with E-state index in [1.807, 2.05) is 0 Å². The van der Waals surface area contributed by atoms with E-state index in [4.69, 9.17) is 5.73 Å². The minimum absolute atomic E-state index is 0.417. The highest BCUT2D eigenvalue weighted by Crippen LogP contribution is 2.23. The predicted molar refractivity (Wildman–Crippen MR) is 68.9 cm³/mol. The lowest BCUT2D eigenvalue weighted by molar-refractivity contribution is 0.271. The molecule has 3 N–H and O–H groups in total. The predicted octanol–water partition coefficient (Wildman–Crippen LogP) is 2.63. The van der Waals surface area contributed by atoms with Crippen LogP contribution in [0.5, 0.6) is 0 Å². The first-order valence-electron chi connectivity index (χ1n) is 6.28. The maximum atomic E-state index is 5.58. The lowest BCUT2D eigenvalue weighted by atomic mass is 9.84. The Morgan fingerprint density at radius 1 is 1.20 bits per heavy atom. The Morgan fingerprint density at radius 3 is 2.27 bits per heavy atom. The lowest BCUT2D eigenvalue weighted by Gasteiger charge is -2.27. The summed E-state index contributed by atoms with van der Waals surface area (Å²) in [5.74, 6) is 1.43. The molecule has 0 amide bonds. The first kappa shape index (κ1) is 14.9. The van der Waals surface area contributed by atoms with Gasteiger partial charge in [-0.15, -0.1) is 0 Å². The maximum absolute atomic E-state index is 5.58. The van der Waals surface area contributed by atoms with Crippen molar-refractivity contribution in [3.8, 4) is 0 Å². The molecule has 92 valence electrons. The molecule has 15 heavy (non-hydrogen) atoms. The summed E-state index contributed by atoms with van der Waals surface area (Å²) in [6.45, 7) is 14.5. The summed E-state index contributed by atoms with van der Waals surface area (Å²) >= 11 is 0. The summed E-state index contributed by atoms with van der Waals surface area (Å²) in [5.41, 5.74) is 5.99. The van der Waals surface area contributed by atoms with Crippen molar-refractivity contribution in [1.29, 1.82) is 0 Å². The molecule has 1 atom stereocenters. The van der Waals surface area contributed by atoms with Gasteiger partial charge in [0.2, 0.25) is 0 Å². The van der Waals surface area contributed by atoms with Crippen LogP contribution in [0.15, 0.2) is 0 Å². The number of hydrogen-bond acceptors (Lipinski definition) is 2. The zero-order valence-electron chi connectivity index (χ0n) is 11.3. The molecule has 0 aliphatic rings. The van der Waals surface area contributed by atoms with Crippen LogP contribution < -0.4 is 11.1 Å². The van der Waals surface area contributed by atoms with Crippen LogP contribution in [0.1, 0.15) is 47.5 Å². The number of nitrogens with one attached hydrogen (secondary N) is 1. The zero-order chi connectivity index (χ0) is 11.9. The van der Waals surface area contributed by atoms with Crippen molar-refractivity contribution >= 4 is 0 Å². The first-order chi connectivity index (χ1) is 6.87. The van der Waals surface area contributed by atoms with Crippen molar-refractivity contribution in [2.45, 2.75) is 47.5 Å². The van der Waals surface area contributed by atoms with Crippen molar-refractivity contribution in [2.24, 2.45) is 23.0 Å². The van der Waals surface area contributed by atoms with Crippen molar-refractivity contribution in [3.63, 3.8) is 0 Å². The quantitative estimate of drug-likeness (QED) is 0.610. The second-order valence-corrected chi connectivity index (χ2v) is 6.07. The largest absolute Gasteiger partial charge is 0.330 e. The molecular formula is C13H30N2. The summed E-state index contributed by atoms with van der Waals surface area (Å²) in [6, 6.07) is 0. The standard InChI is InChI=1S/C13H30N2/c1-11(2)8-13(4,5)10-15-7-6-12(3)9-14/h11-12,15H,6-10,14H2,1-5H3. The van der Waals surface area contributed by atoms with E-state index in [1.54, 1.807) is 0 Å². The normalized spacial score (nSPS) is 14.6. The maximum Gasteiger partial charge on any atom is 0.000262 e. The number of hydrogen-bond donors (Lipinski definition) is 2. The fourth-order valence-corrected chi connectivity index (χ4v) is 2.07. The highest BCUT2D eigenvalue weighted by Gasteiger charge is 2.18. The van der Waals surface area contributed by atoms with Gasteiger partial charge >= 0.3 is 0 Å². The van der Waals surface area contributed by atoms with Crippen LogP contribution in [0.2, 0.25) is 0 Å². The minimum atomic E-state index is 0.417.